The summed E-state index contributed by atoms with van der Waals surface area (Å²) in [6.45, 7) is 6.93. The molecule has 0 saturated carbocycles. The minimum Gasteiger partial charge on any atom is -0.406 e. The van der Waals surface area contributed by atoms with Gasteiger partial charge in [0, 0.05) is 0 Å². The summed E-state index contributed by atoms with van der Waals surface area (Å²) in [6.07, 6.45) is 0. The Hall–Kier alpha value is -3.02. The molecule has 1 atom stereocenters. The van der Waals surface area contributed by atoms with Crippen LogP contribution in [0.25, 0.3) is 0 Å². The molecule has 0 aliphatic carbocycles. The standard InChI is InChI=1S/C31H35NO2Si/c1-30(2,3)35(27-20-12-6-13-21-27,28-22-14-7-15-23-28)34-24-29(32)31(33,25-16-8-4-9-17-25)26-18-10-5-11-19-26/h4-23,29,33H,24,32H2,1-3H3/t29-/m1/s1. The number of hydrogen-bond acceptors (Lipinski definition) is 3. The fourth-order valence-electron chi connectivity index (χ4n) is 5.08. The first kappa shape index (κ1) is 25.1. The minimum atomic E-state index is -2.78. The number of nitrogens with two attached hydrogens (primary N) is 1. The molecule has 0 radical (unpaired) electrons. The minimum absolute atomic E-state index is 0.174. The molecule has 35 heavy (non-hydrogen) atoms. The van der Waals surface area contributed by atoms with Gasteiger partial charge in [-0.3, -0.25) is 0 Å². The van der Waals surface area contributed by atoms with Crippen molar-refractivity contribution in [1.82, 2.24) is 0 Å². The maximum atomic E-state index is 12.2. The van der Waals surface area contributed by atoms with Crippen molar-refractivity contribution in [2.75, 3.05) is 6.61 Å². The van der Waals surface area contributed by atoms with Crippen LogP contribution in [0.3, 0.4) is 0 Å². The number of rotatable bonds is 8. The van der Waals surface area contributed by atoms with E-state index in [1.807, 2.05) is 72.8 Å². The molecule has 0 heterocycles. The van der Waals surface area contributed by atoms with E-state index in [0.29, 0.717) is 0 Å². The second-order valence-electron chi connectivity index (χ2n) is 10.1. The van der Waals surface area contributed by atoms with Gasteiger partial charge < -0.3 is 15.3 Å². The zero-order valence-electron chi connectivity index (χ0n) is 20.8. The molecule has 0 bridgehead atoms. The highest BCUT2D eigenvalue weighted by molar-refractivity contribution is 6.99. The average Bonchev–Trinajstić information content (AvgIpc) is 2.90. The lowest BCUT2D eigenvalue weighted by Crippen LogP contribution is -2.68. The lowest BCUT2D eigenvalue weighted by Gasteiger charge is -2.45. The van der Waals surface area contributed by atoms with Gasteiger partial charge >= 0.3 is 0 Å². The van der Waals surface area contributed by atoms with Crippen molar-refractivity contribution in [2.24, 2.45) is 5.73 Å². The molecule has 4 aromatic rings. The second kappa shape index (κ2) is 10.3. The van der Waals surface area contributed by atoms with Gasteiger partial charge in [-0.05, 0) is 26.5 Å². The van der Waals surface area contributed by atoms with E-state index in [-0.39, 0.29) is 11.6 Å². The third-order valence-corrected chi connectivity index (χ3v) is 11.9. The van der Waals surface area contributed by atoms with Crippen LogP contribution in [0.5, 0.6) is 0 Å². The molecule has 180 valence electrons. The third-order valence-electron chi connectivity index (χ3n) is 6.86. The number of hydrogen-bond donors (Lipinski definition) is 2. The van der Waals surface area contributed by atoms with E-state index in [0.717, 1.165) is 11.1 Å². The Labute approximate surface area is 210 Å². The summed E-state index contributed by atoms with van der Waals surface area (Å²) in [7, 11) is -2.78. The highest BCUT2D eigenvalue weighted by atomic mass is 28.4. The molecular formula is C31H35NO2Si. The van der Waals surface area contributed by atoms with Crippen LogP contribution >= 0.6 is 0 Å². The second-order valence-corrected chi connectivity index (χ2v) is 14.4. The van der Waals surface area contributed by atoms with Crippen molar-refractivity contribution in [1.29, 1.82) is 0 Å². The molecule has 3 N–H and O–H groups in total. The summed E-state index contributed by atoms with van der Waals surface area (Å²) in [5.74, 6) is 0. The van der Waals surface area contributed by atoms with Crippen LogP contribution in [-0.4, -0.2) is 26.1 Å². The molecule has 0 unspecified atom stereocenters. The van der Waals surface area contributed by atoms with Crippen molar-refractivity contribution < 1.29 is 9.53 Å². The third kappa shape index (κ3) is 4.75. The molecule has 0 amide bonds. The maximum absolute atomic E-state index is 12.2. The lowest BCUT2D eigenvalue weighted by atomic mass is 9.81. The Balaban J connectivity index is 1.80. The normalized spacial score (nSPS) is 13.4. The van der Waals surface area contributed by atoms with Crippen LogP contribution in [0.15, 0.2) is 121 Å². The highest BCUT2D eigenvalue weighted by Gasteiger charge is 2.51. The summed E-state index contributed by atoms with van der Waals surface area (Å²) in [5.41, 5.74) is 6.98. The molecule has 0 spiro atoms. The van der Waals surface area contributed by atoms with E-state index in [4.69, 9.17) is 10.2 Å². The summed E-state index contributed by atoms with van der Waals surface area (Å²) < 4.78 is 7.07. The van der Waals surface area contributed by atoms with Crippen LogP contribution in [0.2, 0.25) is 5.04 Å². The van der Waals surface area contributed by atoms with Gasteiger partial charge in [0.25, 0.3) is 8.32 Å². The Morgan fingerprint density at radius 1 is 0.657 bits per heavy atom. The first-order valence-corrected chi connectivity index (χ1v) is 14.0. The van der Waals surface area contributed by atoms with Crippen molar-refractivity contribution >= 4 is 18.7 Å². The molecule has 0 aromatic heterocycles. The zero-order valence-corrected chi connectivity index (χ0v) is 21.8. The van der Waals surface area contributed by atoms with E-state index >= 15 is 0 Å². The molecule has 3 nitrogen and oxygen atoms in total. The van der Waals surface area contributed by atoms with Gasteiger partial charge in [0.1, 0.15) is 5.60 Å². The van der Waals surface area contributed by atoms with Crippen LogP contribution < -0.4 is 16.1 Å². The first-order chi connectivity index (χ1) is 16.8. The smallest absolute Gasteiger partial charge is 0.261 e. The van der Waals surface area contributed by atoms with E-state index in [1.165, 1.54) is 10.4 Å². The average molecular weight is 482 g/mol. The molecule has 4 rings (SSSR count). The molecule has 0 saturated heterocycles. The SMILES string of the molecule is CC(C)(C)[Si](OC[C@@H](N)C(O)(c1ccccc1)c1ccccc1)(c1ccccc1)c1ccccc1. The van der Waals surface area contributed by atoms with Crippen LogP contribution in [0, 0.1) is 0 Å². The maximum Gasteiger partial charge on any atom is 0.261 e. The quantitative estimate of drug-likeness (QED) is 0.355. The van der Waals surface area contributed by atoms with Crippen molar-refractivity contribution in [3.05, 3.63) is 132 Å². The molecule has 0 aliphatic rings. The summed E-state index contributed by atoms with van der Waals surface area (Å²) >= 11 is 0. The van der Waals surface area contributed by atoms with Crippen LogP contribution in [0.1, 0.15) is 31.9 Å². The Morgan fingerprint density at radius 2 is 1.00 bits per heavy atom. The molecule has 4 aromatic carbocycles. The summed E-state index contributed by atoms with van der Waals surface area (Å²) in [5, 5.41) is 14.4. The Kier molecular flexibility index (Phi) is 7.38. The van der Waals surface area contributed by atoms with Crippen molar-refractivity contribution in [3.8, 4) is 0 Å². The van der Waals surface area contributed by atoms with Gasteiger partial charge in [-0.2, -0.15) is 0 Å². The van der Waals surface area contributed by atoms with Crippen LogP contribution in [-0.2, 0) is 10.0 Å². The molecule has 0 fully saturated rings. The van der Waals surface area contributed by atoms with Gasteiger partial charge in [0.05, 0.1) is 12.6 Å². The topological polar surface area (TPSA) is 55.5 Å². The first-order valence-electron chi connectivity index (χ1n) is 12.1. The van der Waals surface area contributed by atoms with E-state index < -0.39 is 20.0 Å². The van der Waals surface area contributed by atoms with E-state index in [9.17, 15) is 5.11 Å². The number of aliphatic hydroxyl groups is 1. The lowest BCUT2D eigenvalue weighted by molar-refractivity contribution is 0.0319. The van der Waals surface area contributed by atoms with E-state index in [1.54, 1.807) is 0 Å². The largest absolute Gasteiger partial charge is 0.406 e. The summed E-state index contributed by atoms with van der Waals surface area (Å²) in [6, 6.07) is 39.6. The van der Waals surface area contributed by atoms with Gasteiger partial charge in [-0.1, -0.05) is 142 Å². The summed E-state index contributed by atoms with van der Waals surface area (Å²) in [4.78, 5) is 0. The Morgan fingerprint density at radius 3 is 1.34 bits per heavy atom. The number of benzene rings is 4. The van der Waals surface area contributed by atoms with Gasteiger partial charge in [0.2, 0.25) is 0 Å². The predicted octanol–water partition coefficient (Wildman–Crippen LogP) is 4.83. The fourth-order valence-corrected chi connectivity index (χ4v) is 9.66. The predicted molar refractivity (Wildman–Crippen MR) is 147 cm³/mol. The van der Waals surface area contributed by atoms with E-state index in [2.05, 4.69) is 69.3 Å². The van der Waals surface area contributed by atoms with Gasteiger partial charge in [0.15, 0.2) is 0 Å². The van der Waals surface area contributed by atoms with Gasteiger partial charge in [-0.25, -0.2) is 0 Å². The molecule has 4 heteroatoms. The molecular weight excluding hydrogens is 446 g/mol. The van der Waals surface area contributed by atoms with Crippen molar-refractivity contribution in [2.45, 2.75) is 37.5 Å². The monoisotopic (exact) mass is 481 g/mol. The zero-order chi connectivity index (χ0) is 24.9. The molecule has 0 aliphatic heterocycles. The van der Waals surface area contributed by atoms with Crippen LogP contribution in [0.4, 0.5) is 0 Å². The highest BCUT2D eigenvalue weighted by Crippen LogP contribution is 2.38. The fraction of sp³-hybridized carbons (Fsp3) is 0.226. The van der Waals surface area contributed by atoms with Gasteiger partial charge in [-0.15, -0.1) is 0 Å². The Bertz CT molecular complexity index is 1110. The van der Waals surface area contributed by atoms with Crippen molar-refractivity contribution in [3.63, 3.8) is 0 Å².